The molecule has 1 aromatic heterocycles. The molecule has 1 aliphatic heterocycles. The van der Waals surface area contributed by atoms with Gasteiger partial charge >= 0.3 is 0 Å². The molecule has 0 saturated carbocycles. The summed E-state index contributed by atoms with van der Waals surface area (Å²) in [6, 6.07) is -0.209. The Morgan fingerprint density at radius 2 is 2.12 bits per heavy atom. The molecule has 1 aromatic rings. The van der Waals surface area contributed by atoms with Crippen LogP contribution in [-0.2, 0) is 4.74 Å². The molecule has 0 aromatic carbocycles. The Morgan fingerprint density at radius 3 is 2.65 bits per heavy atom. The largest absolute Gasteiger partial charge is 0.378 e. The lowest BCUT2D eigenvalue weighted by Crippen LogP contribution is -2.27. The zero-order chi connectivity index (χ0) is 12.6. The van der Waals surface area contributed by atoms with Crippen LogP contribution in [0.2, 0.25) is 0 Å². The van der Waals surface area contributed by atoms with Gasteiger partial charge in [-0.1, -0.05) is 25.9 Å². The third-order valence-corrected chi connectivity index (χ3v) is 3.22. The van der Waals surface area contributed by atoms with E-state index in [0.717, 1.165) is 6.42 Å². The normalized spacial score (nSPS) is 27.4. The number of rotatable bonds is 2. The molecule has 17 heavy (non-hydrogen) atoms. The number of hydrogen-bond acceptors (Lipinski definition) is 5. The lowest BCUT2D eigenvalue weighted by molar-refractivity contribution is 0.122. The summed E-state index contributed by atoms with van der Waals surface area (Å²) in [7, 11) is 0. The lowest BCUT2D eigenvalue weighted by Gasteiger charge is -2.23. The van der Waals surface area contributed by atoms with E-state index < -0.39 is 0 Å². The van der Waals surface area contributed by atoms with Crippen molar-refractivity contribution in [1.82, 2.24) is 10.1 Å². The van der Waals surface area contributed by atoms with Gasteiger partial charge in [-0.2, -0.15) is 4.98 Å². The van der Waals surface area contributed by atoms with Gasteiger partial charge in [-0.15, -0.1) is 0 Å². The number of hydrogen-bond donors (Lipinski definition) is 1. The van der Waals surface area contributed by atoms with Gasteiger partial charge in [-0.25, -0.2) is 0 Å². The van der Waals surface area contributed by atoms with E-state index >= 15 is 0 Å². The monoisotopic (exact) mass is 239 g/mol. The zero-order valence-electron chi connectivity index (χ0n) is 10.9. The molecule has 2 heterocycles. The number of aromatic nitrogens is 2. The first-order valence-corrected chi connectivity index (χ1v) is 6.08. The van der Waals surface area contributed by atoms with Crippen molar-refractivity contribution < 1.29 is 9.26 Å². The quantitative estimate of drug-likeness (QED) is 0.854. The van der Waals surface area contributed by atoms with Crippen LogP contribution in [-0.4, -0.2) is 22.9 Å². The van der Waals surface area contributed by atoms with Gasteiger partial charge in [0, 0.05) is 0 Å². The van der Waals surface area contributed by atoms with Gasteiger partial charge in [0.2, 0.25) is 5.89 Å². The fourth-order valence-electron chi connectivity index (χ4n) is 1.92. The second kappa shape index (κ2) is 4.38. The molecule has 2 rings (SSSR count). The third kappa shape index (κ3) is 2.66. The van der Waals surface area contributed by atoms with Crippen LogP contribution in [0.15, 0.2) is 4.52 Å². The first-order valence-electron chi connectivity index (χ1n) is 6.08. The summed E-state index contributed by atoms with van der Waals surface area (Å²) in [5.41, 5.74) is 6.03. The van der Waals surface area contributed by atoms with Crippen LogP contribution in [0.5, 0.6) is 0 Å². The number of nitrogens with two attached hydrogens (primary N) is 1. The van der Waals surface area contributed by atoms with E-state index in [-0.39, 0.29) is 23.5 Å². The maximum absolute atomic E-state index is 6.10. The summed E-state index contributed by atoms with van der Waals surface area (Å²) in [5, 5.41) is 3.99. The minimum Gasteiger partial charge on any atom is -0.378 e. The molecule has 0 aliphatic carbocycles. The van der Waals surface area contributed by atoms with Gasteiger partial charge in [-0.3, -0.25) is 0 Å². The van der Waals surface area contributed by atoms with Crippen LogP contribution in [0.1, 0.15) is 57.8 Å². The fourth-order valence-corrected chi connectivity index (χ4v) is 1.92. The Balaban J connectivity index is 2.11. The van der Waals surface area contributed by atoms with Gasteiger partial charge in [-0.05, 0) is 18.8 Å². The molecule has 1 saturated heterocycles. The molecule has 3 atom stereocenters. The van der Waals surface area contributed by atoms with Crippen molar-refractivity contribution in [2.75, 3.05) is 6.61 Å². The van der Waals surface area contributed by atoms with Crippen molar-refractivity contribution >= 4 is 0 Å². The highest BCUT2D eigenvalue weighted by molar-refractivity contribution is 5.02. The Hall–Kier alpha value is -0.940. The van der Waals surface area contributed by atoms with E-state index in [0.29, 0.717) is 18.3 Å². The maximum Gasteiger partial charge on any atom is 0.232 e. The summed E-state index contributed by atoms with van der Waals surface area (Å²) >= 11 is 0. The SMILES string of the molecule is CC1CC(c2nc(C(N)C(C)(C)C)no2)CO1. The first-order chi connectivity index (χ1) is 7.88. The smallest absolute Gasteiger partial charge is 0.232 e. The first kappa shape index (κ1) is 12.5. The van der Waals surface area contributed by atoms with Crippen LogP contribution in [0.25, 0.3) is 0 Å². The van der Waals surface area contributed by atoms with E-state index in [1.54, 1.807) is 0 Å². The number of ether oxygens (including phenoxy) is 1. The topological polar surface area (TPSA) is 74.2 Å². The van der Waals surface area contributed by atoms with Crippen LogP contribution in [0.4, 0.5) is 0 Å². The molecule has 96 valence electrons. The van der Waals surface area contributed by atoms with Crippen LogP contribution in [0, 0.1) is 5.41 Å². The Morgan fingerprint density at radius 1 is 1.41 bits per heavy atom. The summed E-state index contributed by atoms with van der Waals surface area (Å²) in [6.45, 7) is 8.91. The molecule has 1 fully saturated rings. The highest BCUT2D eigenvalue weighted by Gasteiger charge is 2.31. The molecular formula is C12H21N3O2. The van der Waals surface area contributed by atoms with E-state index in [1.165, 1.54) is 0 Å². The third-order valence-electron chi connectivity index (χ3n) is 3.22. The molecule has 3 unspecified atom stereocenters. The molecule has 0 spiro atoms. The predicted octanol–water partition coefficient (Wildman–Crippen LogP) is 2.01. The van der Waals surface area contributed by atoms with Crippen molar-refractivity contribution in [2.24, 2.45) is 11.1 Å². The van der Waals surface area contributed by atoms with Gasteiger partial charge < -0.3 is 15.0 Å². The van der Waals surface area contributed by atoms with Crippen LogP contribution >= 0.6 is 0 Å². The Labute approximate surface area is 102 Å². The van der Waals surface area contributed by atoms with E-state index in [2.05, 4.69) is 37.8 Å². The number of nitrogens with zero attached hydrogens (tertiary/aromatic N) is 2. The standard InChI is InChI=1S/C12H21N3O2/c1-7-5-8(6-16-7)11-14-10(15-17-11)9(13)12(2,3)4/h7-9H,5-6,13H2,1-4H3. The predicted molar refractivity (Wildman–Crippen MR) is 63.5 cm³/mol. The van der Waals surface area contributed by atoms with E-state index in [9.17, 15) is 0 Å². The average molecular weight is 239 g/mol. The van der Waals surface area contributed by atoms with Gasteiger partial charge in [0.1, 0.15) is 0 Å². The van der Waals surface area contributed by atoms with Crippen molar-refractivity contribution in [3.63, 3.8) is 0 Å². The molecule has 2 N–H and O–H groups in total. The van der Waals surface area contributed by atoms with Crippen LogP contribution < -0.4 is 5.73 Å². The highest BCUT2D eigenvalue weighted by Crippen LogP contribution is 2.32. The highest BCUT2D eigenvalue weighted by atomic mass is 16.5. The molecule has 1 aliphatic rings. The minimum absolute atomic E-state index is 0.0688. The van der Waals surface area contributed by atoms with Crippen molar-refractivity contribution in [3.8, 4) is 0 Å². The molecular weight excluding hydrogens is 218 g/mol. The molecule has 5 heteroatoms. The van der Waals surface area contributed by atoms with E-state index in [4.69, 9.17) is 15.0 Å². The van der Waals surface area contributed by atoms with Crippen molar-refractivity contribution in [3.05, 3.63) is 11.7 Å². The Bertz CT molecular complexity index is 383. The summed E-state index contributed by atoms with van der Waals surface area (Å²) < 4.78 is 10.8. The van der Waals surface area contributed by atoms with Crippen LogP contribution in [0.3, 0.4) is 0 Å². The van der Waals surface area contributed by atoms with Crippen molar-refractivity contribution in [2.45, 2.75) is 52.2 Å². The van der Waals surface area contributed by atoms with Gasteiger partial charge in [0.15, 0.2) is 5.82 Å². The van der Waals surface area contributed by atoms with Gasteiger partial charge in [0.05, 0.1) is 24.7 Å². The summed E-state index contributed by atoms with van der Waals surface area (Å²) in [6.07, 6.45) is 1.21. The molecule has 0 bridgehead atoms. The molecule has 5 nitrogen and oxygen atoms in total. The second-order valence-corrected chi connectivity index (χ2v) is 5.91. The zero-order valence-corrected chi connectivity index (χ0v) is 10.9. The van der Waals surface area contributed by atoms with Crippen molar-refractivity contribution in [1.29, 1.82) is 0 Å². The summed E-state index contributed by atoms with van der Waals surface area (Å²) in [4.78, 5) is 4.41. The molecule has 0 amide bonds. The Kier molecular flexibility index (Phi) is 3.23. The second-order valence-electron chi connectivity index (χ2n) is 5.91. The lowest BCUT2D eigenvalue weighted by atomic mass is 9.87. The molecule has 0 radical (unpaired) electrons. The maximum atomic E-state index is 6.10. The minimum atomic E-state index is -0.209. The fraction of sp³-hybridized carbons (Fsp3) is 0.833. The summed E-state index contributed by atoms with van der Waals surface area (Å²) in [5.74, 6) is 1.47. The van der Waals surface area contributed by atoms with Gasteiger partial charge in [0.25, 0.3) is 0 Å². The average Bonchev–Trinajstić information content (AvgIpc) is 2.83. The van der Waals surface area contributed by atoms with E-state index in [1.807, 2.05) is 0 Å².